The van der Waals surface area contributed by atoms with Gasteiger partial charge in [0, 0.05) is 8.80 Å². The van der Waals surface area contributed by atoms with Gasteiger partial charge < -0.3 is 0 Å². The zero-order valence-corrected chi connectivity index (χ0v) is 21.4. The van der Waals surface area contributed by atoms with Crippen molar-refractivity contribution in [2.45, 2.75) is 102 Å². The zero-order chi connectivity index (χ0) is 22.2. The van der Waals surface area contributed by atoms with E-state index in [2.05, 4.69) is 31.2 Å². The first kappa shape index (κ1) is 23.7. The minimum atomic E-state index is -0.342. The van der Waals surface area contributed by atoms with E-state index in [1.54, 1.807) is 43.1 Å². The molecule has 0 nitrogen and oxygen atoms in total. The Morgan fingerprint density at radius 1 is 0.719 bits per heavy atom. The van der Waals surface area contributed by atoms with E-state index in [9.17, 15) is 4.39 Å². The molecule has 2 aliphatic rings. The molecule has 1 aliphatic carbocycles. The van der Waals surface area contributed by atoms with Crippen LogP contribution in [-0.2, 0) is 0 Å². The van der Waals surface area contributed by atoms with E-state index in [0.29, 0.717) is 0 Å². The molecule has 0 N–H and O–H groups in total. The van der Waals surface area contributed by atoms with Crippen LogP contribution >= 0.6 is 0 Å². The van der Waals surface area contributed by atoms with Gasteiger partial charge in [-0.1, -0.05) is 106 Å². The summed E-state index contributed by atoms with van der Waals surface area (Å²) in [6.45, 7) is 2.33. The van der Waals surface area contributed by atoms with Gasteiger partial charge in [-0.2, -0.15) is 0 Å². The average molecular weight is 451 g/mol. The lowest BCUT2D eigenvalue weighted by molar-refractivity contribution is 0.280. The van der Waals surface area contributed by atoms with Gasteiger partial charge >= 0.3 is 0 Å². The molecule has 2 heteroatoms. The van der Waals surface area contributed by atoms with Crippen molar-refractivity contribution < 1.29 is 4.39 Å². The maximum Gasteiger partial charge on any atom is 0.123 e. The normalized spacial score (nSPS) is 26.2. The number of unbranched alkanes of at least 4 members (excludes halogenated alkanes) is 2. The van der Waals surface area contributed by atoms with Crippen molar-refractivity contribution in [1.82, 2.24) is 0 Å². The van der Waals surface area contributed by atoms with Crippen LogP contribution in [0.5, 0.6) is 0 Å². The van der Waals surface area contributed by atoms with Gasteiger partial charge in [-0.15, -0.1) is 0 Å². The second-order valence-electron chi connectivity index (χ2n) is 10.8. The first-order chi connectivity index (χ1) is 15.7. The monoisotopic (exact) mass is 450 g/mol. The summed E-state index contributed by atoms with van der Waals surface area (Å²) in [7, 11) is -0.342. The van der Waals surface area contributed by atoms with Crippen LogP contribution in [0.4, 0.5) is 4.39 Å². The minimum absolute atomic E-state index is 0.168. The Morgan fingerprint density at radius 2 is 1.28 bits per heavy atom. The van der Waals surface area contributed by atoms with E-state index < -0.39 is 0 Å². The van der Waals surface area contributed by atoms with Gasteiger partial charge in [-0.25, -0.2) is 4.39 Å². The first-order valence-electron chi connectivity index (χ1n) is 13.6. The molecule has 2 fully saturated rings. The summed E-state index contributed by atoms with van der Waals surface area (Å²) in [6, 6.07) is 20.8. The van der Waals surface area contributed by atoms with Gasteiger partial charge in [-0.05, 0) is 72.3 Å². The van der Waals surface area contributed by atoms with Gasteiger partial charge in [0.1, 0.15) is 5.82 Å². The van der Waals surface area contributed by atoms with Crippen LogP contribution in [0.2, 0.25) is 18.1 Å². The van der Waals surface area contributed by atoms with Crippen LogP contribution in [-0.4, -0.2) is 8.80 Å². The first-order valence-corrected chi connectivity index (χ1v) is 16.0. The Morgan fingerprint density at radius 3 is 1.88 bits per heavy atom. The molecular formula is C30H43FSi. The molecule has 0 unspecified atom stereocenters. The molecule has 1 aliphatic heterocycles. The quantitative estimate of drug-likeness (QED) is 0.264. The van der Waals surface area contributed by atoms with Crippen molar-refractivity contribution >= 4 is 8.80 Å². The molecule has 174 valence electrons. The standard InChI is InChI=1S/C30H43FSi/c1-2-3-4-21-32-22-19-25(20-23-32)6-5-24-7-9-26(10-8-24)27-11-13-28(14-12-27)29-15-17-30(31)18-16-29/h11-18,24-26,32H,2-10,19-23H2,1H3/t24?,25-,26?,32-. The van der Waals surface area contributed by atoms with Crippen LogP contribution in [0, 0.1) is 17.7 Å². The number of hydrogen-bond donors (Lipinski definition) is 0. The molecule has 0 radical (unpaired) electrons. The minimum Gasteiger partial charge on any atom is -0.207 e. The summed E-state index contributed by atoms with van der Waals surface area (Å²) < 4.78 is 13.2. The number of benzene rings is 2. The van der Waals surface area contributed by atoms with Crippen molar-refractivity contribution in [3.63, 3.8) is 0 Å². The predicted molar refractivity (Wildman–Crippen MR) is 140 cm³/mol. The molecule has 1 saturated heterocycles. The van der Waals surface area contributed by atoms with Crippen LogP contribution in [0.25, 0.3) is 11.1 Å². The Kier molecular flexibility index (Phi) is 9.02. The van der Waals surface area contributed by atoms with Crippen molar-refractivity contribution in [3.05, 3.63) is 59.9 Å². The molecule has 32 heavy (non-hydrogen) atoms. The summed E-state index contributed by atoms with van der Waals surface area (Å²) >= 11 is 0. The van der Waals surface area contributed by atoms with E-state index in [4.69, 9.17) is 0 Å². The van der Waals surface area contributed by atoms with Crippen molar-refractivity contribution in [3.8, 4) is 11.1 Å². The van der Waals surface area contributed by atoms with Crippen LogP contribution in [0.3, 0.4) is 0 Å². The molecule has 1 saturated carbocycles. The predicted octanol–water partition coefficient (Wildman–Crippen LogP) is 9.37. The molecule has 0 atom stereocenters. The third kappa shape index (κ3) is 6.79. The summed E-state index contributed by atoms with van der Waals surface area (Å²) in [4.78, 5) is 0. The van der Waals surface area contributed by atoms with E-state index in [1.807, 2.05) is 12.1 Å². The molecule has 0 spiro atoms. The summed E-state index contributed by atoms with van der Waals surface area (Å²) in [5.74, 6) is 2.60. The second-order valence-corrected chi connectivity index (χ2v) is 14.3. The highest BCUT2D eigenvalue weighted by atomic mass is 28.3. The third-order valence-electron chi connectivity index (χ3n) is 8.57. The summed E-state index contributed by atoms with van der Waals surface area (Å²) in [5, 5.41) is 0. The molecule has 0 aromatic heterocycles. The molecular weight excluding hydrogens is 407 g/mol. The fraction of sp³-hybridized carbons (Fsp3) is 0.600. The zero-order valence-electron chi connectivity index (χ0n) is 20.2. The summed E-state index contributed by atoms with van der Waals surface area (Å²) in [6.07, 6.45) is 16.1. The van der Waals surface area contributed by atoms with Gasteiger partial charge in [0.15, 0.2) is 0 Å². The topological polar surface area (TPSA) is 0 Å². The smallest absolute Gasteiger partial charge is 0.123 e. The molecule has 0 bridgehead atoms. The van der Waals surface area contributed by atoms with Crippen molar-refractivity contribution in [1.29, 1.82) is 0 Å². The molecule has 1 heterocycles. The van der Waals surface area contributed by atoms with Gasteiger partial charge in [0.25, 0.3) is 0 Å². The second kappa shape index (κ2) is 12.2. The Bertz CT molecular complexity index is 781. The molecule has 0 amide bonds. The Hall–Kier alpha value is -1.41. The SMILES string of the molecule is CCCCC[Si@H]1CC[C@H](CCC2CCC(c3ccc(-c4ccc(F)cc4)cc3)CC2)CC1. The Labute approximate surface area is 197 Å². The number of hydrogen-bond acceptors (Lipinski definition) is 0. The highest BCUT2D eigenvalue weighted by Gasteiger charge is 2.25. The maximum atomic E-state index is 13.2. The highest BCUT2D eigenvalue weighted by molar-refractivity contribution is 6.58. The van der Waals surface area contributed by atoms with Gasteiger partial charge in [-0.3, -0.25) is 0 Å². The largest absolute Gasteiger partial charge is 0.207 e. The third-order valence-corrected chi connectivity index (χ3v) is 12.1. The van der Waals surface area contributed by atoms with E-state index in [-0.39, 0.29) is 14.6 Å². The maximum absolute atomic E-state index is 13.2. The molecule has 2 aromatic carbocycles. The summed E-state index contributed by atoms with van der Waals surface area (Å²) in [5.41, 5.74) is 3.78. The lowest BCUT2D eigenvalue weighted by Crippen LogP contribution is -2.22. The van der Waals surface area contributed by atoms with Crippen molar-refractivity contribution in [2.75, 3.05) is 0 Å². The number of rotatable bonds is 9. The molecule has 2 aromatic rings. The van der Waals surface area contributed by atoms with Crippen LogP contribution in [0.1, 0.15) is 89.0 Å². The lowest BCUT2D eigenvalue weighted by atomic mass is 9.76. The van der Waals surface area contributed by atoms with Crippen LogP contribution < -0.4 is 0 Å². The van der Waals surface area contributed by atoms with Crippen molar-refractivity contribution in [2.24, 2.45) is 11.8 Å². The molecule has 4 rings (SSSR count). The number of halogens is 1. The lowest BCUT2D eigenvalue weighted by Gasteiger charge is -2.32. The van der Waals surface area contributed by atoms with E-state index in [0.717, 1.165) is 23.3 Å². The van der Waals surface area contributed by atoms with Crippen LogP contribution in [0.15, 0.2) is 48.5 Å². The van der Waals surface area contributed by atoms with E-state index >= 15 is 0 Å². The fourth-order valence-electron chi connectivity index (χ4n) is 6.34. The van der Waals surface area contributed by atoms with Gasteiger partial charge in [0.05, 0.1) is 0 Å². The van der Waals surface area contributed by atoms with Gasteiger partial charge in [0.2, 0.25) is 0 Å². The Balaban J connectivity index is 1.16. The van der Waals surface area contributed by atoms with E-state index in [1.165, 1.54) is 68.9 Å². The fourth-order valence-corrected chi connectivity index (χ4v) is 9.96. The average Bonchev–Trinajstić information content (AvgIpc) is 2.85. The highest BCUT2D eigenvalue weighted by Crippen LogP contribution is 2.40.